The van der Waals surface area contributed by atoms with E-state index in [2.05, 4.69) is 10.3 Å². The molecule has 1 aromatic heterocycles. The number of methoxy groups -OCH3 is 1. The number of carbonyl (C=O) groups excluding carboxylic acids is 1. The second-order valence-corrected chi connectivity index (χ2v) is 10.3. The topological polar surface area (TPSA) is 132 Å². The van der Waals surface area contributed by atoms with Crippen LogP contribution in [0.25, 0.3) is 10.2 Å². The number of rotatable bonds is 6. The van der Waals surface area contributed by atoms with Crippen molar-refractivity contribution in [1.82, 2.24) is 9.29 Å². The average molecular weight is 497 g/mol. The van der Waals surface area contributed by atoms with Crippen LogP contribution in [0.4, 0.5) is 10.8 Å². The molecule has 1 aliphatic heterocycles. The van der Waals surface area contributed by atoms with Crippen LogP contribution in [0.15, 0.2) is 41.3 Å². The number of hydrogen-bond donors (Lipinski definition) is 1. The SMILES string of the molecule is COc1cc([N+](=O)[O-])cc2sc(NC(=O)C3CCCN3S(=O)(=O)c3ccc(Cl)cc3)nc12. The number of hydrogen-bond acceptors (Lipinski definition) is 8. The Hall–Kier alpha value is -2.80. The van der Waals surface area contributed by atoms with Crippen molar-refractivity contribution < 1.29 is 22.9 Å². The molecule has 1 N–H and O–H groups in total. The third kappa shape index (κ3) is 4.13. The van der Waals surface area contributed by atoms with E-state index >= 15 is 0 Å². The van der Waals surface area contributed by atoms with E-state index in [0.717, 1.165) is 11.3 Å². The maximum Gasteiger partial charge on any atom is 0.274 e. The van der Waals surface area contributed by atoms with Crippen molar-refractivity contribution in [3.63, 3.8) is 0 Å². The van der Waals surface area contributed by atoms with Crippen molar-refractivity contribution in [2.75, 3.05) is 19.0 Å². The minimum absolute atomic E-state index is 0.0543. The van der Waals surface area contributed by atoms with Crippen molar-refractivity contribution in [2.45, 2.75) is 23.8 Å². The smallest absolute Gasteiger partial charge is 0.274 e. The fraction of sp³-hybridized carbons (Fsp3) is 0.263. The van der Waals surface area contributed by atoms with Crippen LogP contribution < -0.4 is 10.1 Å². The third-order valence-electron chi connectivity index (χ3n) is 5.03. The summed E-state index contributed by atoms with van der Waals surface area (Å²) in [7, 11) is -2.52. The van der Waals surface area contributed by atoms with Gasteiger partial charge in [-0.3, -0.25) is 14.9 Å². The van der Waals surface area contributed by atoms with Gasteiger partial charge in [0.25, 0.3) is 5.69 Å². The number of nitro groups is 1. The molecule has 1 fully saturated rings. The lowest BCUT2D eigenvalue weighted by Gasteiger charge is -2.23. The number of non-ortho nitro benzene ring substituents is 1. The Morgan fingerprint density at radius 2 is 2.06 bits per heavy atom. The first-order chi connectivity index (χ1) is 15.2. The van der Waals surface area contributed by atoms with Crippen molar-refractivity contribution in [2.24, 2.45) is 0 Å². The molecule has 32 heavy (non-hydrogen) atoms. The number of thiazole rings is 1. The molecule has 0 radical (unpaired) electrons. The average Bonchev–Trinajstić information content (AvgIpc) is 3.40. The first-order valence-corrected chi connectivity index (χ1v) is 12.1. The Morgan fingerprint density at radius 3 is 2.72 bits per heavy atom. The van der Waals surface area contributed by atoms with Gasteiger partial charge in [-0.1, -0.05) is 22.9 Å². The van der Waals surface area contributed by atoms with Crippen LogP contribution in [0.1, 0.15) is 12.8 Å². The zero-order valence-corrected chi connectivity index (χ0v) is 19.0. The number of anilines is 1. The van der Waals surface area contributed by atoms with Crippen LogP contribution in [0.2, 0.25) is 5.02 Å². The van der Waals surface area contributed by atoms with E-state index in [1.807, 2.05) is 0 Å². The molecule has 3 aromatic rings. The maximum atomic E-state index is 13.0. The molecule has 13 heteroatoms. The highest BCUT2D eigenvalue weighted by Crippen LogP contribution is 2.36. The predicted molar refractivity (Wildman–Crippen MR) is 120 cm³/mol. The lowest BCUT2D eigenvalue weighted by atomic mass is 10.2. The van der Waals surface area contributed by atoms with E-state index in [1.165, 1.54) is 47.8 Å². The van der Waals surface area contributed by atoms with Crippen LogP contribution in [0.5, 0.6) is 5.75 Å². The van der Waals surface area contributed by atoms with Crippen LogP contribution in [0, 0.1) is 10.1 Å². The number of benzene rings is 2. The zero-order chi connectivity index (χ0) is 23.0. The second kappa shape index (κ2) is 8.62. The Kier molecular flexibility index (Phi) is 6.03. The number of nitro benzene ring substituents is 1. The molecular formula is C19H17ClN4O6S2. The Labute approximate surface area is 192 Å². The van der Waals surface area contributed by atoms with Gasteiger partial charge in [0.15, 0.2) is 10.9 Å². The molecule has 0 bridgehead atoms. The lowest BCUT2D eigenvalue weighted by Crippen LogP contribution is -2.43. The lowest BCUT2D eigenvalue weighted by molar-refractivity contribution is -0.384. The molecular weight excluding hydrogens is 480 g/mol. The van der Waals surface area contributed by atoms with E-state index in [9.17, 15) is 23.3 Å². The van der Waals surface area contributed by atoms with Gasteiger partial charge in [-0.15, -0.1) is 0 Å². The van der Waals surface area contributed by atoms with Crippen LogP contribution >= 0.6 is 22.9 Å². The molecule has 10 nitrogen and oxygen atoms in total. The van der Waals surface area contributed by atoms with Gasteiger partial charge in [0.1, 0.15) is 11.6 Å². The first-order valence-electron chi connectivity index (χ1n) is 9.42. The summed E-state index contributed by atoms with van der Waals surface area (Å²) in [4.78, 5) is 27.9. The molecule has 1 amide bonds. The molecule has 2 heterocycles. The van der Waals surface area contributed by atoms with Gasteiger partial charge in [-0.05, 0) is 37.1 Å². The largest absolute Gasteiger partial charge is 0.494 e. The summed E-state index contributed by atoms with van der Waals surface area (Å²) in [6, 6.07) is 7.46. The number of fused-ring (bicyclic) bond motifs is 1. The highest BCUT2D eigenvalue weighted by Gasteiger charge is 2.39. The summed E-state index contributed by atoms with van der Waals surface area (Å²) < 4.78 is 32.9. The van der Waals surface area contributed by atoms with E-state index in [1.54, 1.807) is 0 Å². The number of sulfonamides is 1. The predicted octanol–water partition coefficient (Wildman–Crippen LogP) is 3.66. The molecule has 0 aliphatic carbocycles. The molecule has 2 aromatic carbocycles. The molecule has 1 atom stereocenters. The summed E-state index contributed by atoms with van der Waals surface area (Å²) in [6.45, 7) is 0.211. The number of nitrogens with zero attached hydrogens (tertiary/aromatic N) is 3. The van der Waals surface area contributed by atoms with E-state index in [4.69, 9.17) is 16.3 Å². The summed E-state index contributed by atoms with van der Waals surface area (Å²) in [6.07, 6.45) is 0.892. The molecule has 1 saturated heterocycles. The number of nitrogens with one attached hydrogen (secondary N) is 1. The van der Waals surface area contributed by atoms with Gasteiger partial charge in [-0.2, -0.15) is 4.31 Å². The highest BCUT2D eigenvalue weighted by atomic mass is 35.5. The standard InChI is InChI=1S/C19H17ClN4O6S2/c1-30-15-9-12(24(26)27)10-16-17(15)21-19(31-16)22-18(25)14-3-2-8-23(14)32(28,29)13-6-4-11(20)5-7-13/h4-7,9-10,14H,2-3,8H2,1H3,(H,21,22,25). The van der Waals surface area contributed by atoms with Crippen LogP contribution in [0.3, 0.4) is 0 Å². The summed E-state index contributed by atoms with van der Waals surface area (Å²) in [5.74, 6) is -0.314. The van der Waals surface area contributed by atoms with Crippen molar-refractivity contribution in [3.05, 3.63) is 51.5 Å². The molecule has 4 rings (SSSR count). The van der Waals surface area contributed by atoms with E-state index in [0.29, 0.717) is 28.1 Å². The Morgan fingerprint density at radius 1 is 1.34 bits per heavy atom. The zero-order valence-electron chi connectivity index (χ0n) is 16.6. The maximum absolute atomic E-state index is 13.0. The van der Waals surface area contributed by atoms with Gasteiger partial charge >= 0.3 is 0 Å². The number of aromatic nitrogens is 1. The van der Waals surface area contributed by atoms with Crippen molar-refractivity contribution in [1.29, 1.82) is 0 Å². The highest BCUT2D eigenvalue weighted by molar-refractivity contribution is 7.89. The van der Waals surface area contributed by atoms with Crippen molar-refractivity contribution >= 4 is 59.9 Å². The first kappa shape index (κ1) is 22.4. The third-order valence-corrected chi connectivity index (χ3v) is 8.12. The second-order valence-electron chi connectivity index (χ2n) is 6.99. The molecule has 0 spiro atoms. The van der Waals surface area contributed by atoms with Crippen molar-refractivity contribution in [3.8, 4) is 5.75 Å². The molecule has 0 saturated carbocycles. The number of halogens is 1. The van der Waals surface area contributed by atoms with Gasteiger partial charge in [-0.25, -0.2) is 13.4 Å². The molecule has 1 unspecified atom stereocenters. The fourth-order valence-electron chi connectivity index (χ4n) is 3.52. The Bertz CT molecular complexity index is 1310. The number of ether oxygens (including phenoxy) is 1. The number of amides is 1. The molecule has 1 aliphatic rings. The minimum Gasteiger partial charge on any atom is -0.494 e. The molecule has 168 valence electrons. The van der Waals surface area contributed by atoms with Crippen LogP contribution in [-0.4, -0.2) is 48.2 Å². The quantitative estimate of drug-likeness (QED) is 0.406. The van der Waals surface area contributed by atoms with Gasteiger partial charge in [0, 0.05) is 17.6 Å². The fourth-order valence-corrected chi connectivity index (χ4v) is 6.22. The normalized spacial score (nSPS) is 16.9. The number of carbonyl (C=O) groups is 1. The van der Waals surface area contributed by atoms with E-state index < -0.39 is 26.9 Å². The Balaban J connectivity index is 1.60. The summed E-state index contributed by atoms with van der Waals surface area (Å²) in [5, 5.41) is 14.4. The van der Waals surface area contributed by atoms with E-state index in [-0.39, 0.29) is 28.0 Å². The van der Waals surface area contributed by atoms with Crippen LogP contribution in [-0.2, 0) is 14.8 Å². The summed E-state index contributed by atoms with van der Waals surface area (Å²) >= 11 is 6.89. The summed E-state index contributed by atoms with van der Waals surface area (Å²) in [5.41, 5.74) is 0.211. The van der Waals surface area contributed by atoms with Gasteiger partial charge in [0.2, 0.25) is 15.9 Å². The van der Waals surface area contributed by atoms with Gasteiger partial charge < -0.3 is 10.1 Å². The minimum atomic E-state index is -3.89. The monoisotopic (exact) mass is 496 g/mol. The van der Waals surface area contributed by atoms with Gasteiger partial charge in [0.05, 0.1) is 27.7 Å².